The molecule has 20 heteroatoms. The Labute approximate surface area is 379 Å². The molecular weight excluding hydrogens is 793 g/mol. The maximum Gasteiger partial charge on any atom is 1.00 e. The van der Waals surface area contributed by atoms with Crippen molar-refractivity contribution in [1.29, 1.82) is 5.26 Å². The van der Waals surface area contributed by atoms with E-state index in [4.69, 9.17) is 33.4 Å². The topological polar surface area (TPSA) is 228 Å². The number of carboxylic acid groups (broad SMARTS) is 1. The number of carboxylic acids is 1. The molecule has 0 saturated heterocycles. The van der Waals surface area contributed by atoms with Crippen LogP contribution in [0.25, 0.3) is 0 Å². The molecule has 298 valence electrons. The largest absolute Gasteiger partial charge is 1.00 e. The molecular formula is C35H54Cl2N8Na2O7S. The predicted molar refractivity (Wildman–Crippen MR) is 197 cm³/mol. The van der Waals surface area contributed by atoms with Crippen molar-refractivity contribution in [3.8, 4) is 6.07 Å². The number of carbonyl (C=O) groups is 2. The van der Waals surface area contributed by atoms with Crippen LogP contribution in [0.2, 0.25) is 0 Å². The van der Waals surface area contributed by atoms with Crippen LogP contribution in [0.5, 0.6) is 0 Å². The Morgan fingerprint density at radius 2 is 1.78 bits per heavy atom. The molecule has 3 N–H and O–H groups in total. The van der Waals surface area contributed by atoms with Crippen molar-refractivity contribution in [2.75, 3.05) is 13.1 Å². The van der Waals surface area contributed by atoms with Gasteiger partial charge in [-0.1, -0.05) is 34.1 Å². The van der Waals surface area contributed by atoms with Gasteiger partial charge in [-0.25, -0.2) is 13.1 Å². The maximum atomic E-state index is 12.3. The van der Waals surface area contributed by atoms with E-state index < -0.39 is 61.7 Å². The van der Waals surface area contributed by atoms with Gasteiger partial charge in [-0.3, -0.25) is 10.1 Å². The number of aliphatic hydroxyl groups is 1. The molecule has 1 amide bonds. The average molecular weight is 848 g/mol. The molecule has 3 fully saturated rings. The van der Waals surface area contributed by atoms with Crippen LogP contribution in [-0.2, 0) is 25.1 Å². The number of aliphatic hydroxyl groups excluding tert-OH is 1. The van der Waals surface area contributed by atoms with Crippen LogP contribution in [0.1, 0.15) is 123 Å². The summed E-state index contributed by atoms with van der Waals surface area (Å²) >= 11 is 14.1. The summed E-state index contributed by atoms with van der Waals surface area (Å²) < 4.78 is 36.6. The SMILES string of the molecule is CCN(CCCC(=O)[O-])C1CCC(N=Nc2c(C#N)c(C(C)(C)C)nn2C2C(Cl)CC(NC(O)C3CCCC(S(=O)(=O)[O-])C3)CC2Cl)C(NC(C)=O)C1.[Na+].[Na+]. The minimum Gasteiger partial charge on any atom is -0.748 e. The number of aromatic nitrogens is 2. The van der Waals surface area contributed by atoms with Crippen molar-refractivity contribution in [3.63, 3.8) is 0 Å². The molecule has 3 saturated carbocycles. The van der Waals surface area contributed by atoms with Crippen molar-refractivity contribution < 1.29 is 91.9 Å². The third-order valence-corrected chi connectivity index (χ3v) is 13.0. The quantitative estimate of drug-likeness (QED) is 0.0576. The van der Waals surface area contributed by atoms with Gasteiger partial charge in [0.1, 0.15) is 17.9 Å². The molecule has 8 atom stereocenters. The summed E-state index contributed by atoms with van der Waals surface area (Å²) in [5.74, 6) is -1.47. The fourth-order valence-corrected chi connectivity index (χ4v) is 10.2. The molecule has 1 aromatic heterocycles. The molecule has 8 unspecified atom stereocenters. The van der Waals surface area contributed by atoms with E-state index in [1.807, 2.05) is 27.7 Å². The zero-order chi connectivity index (χ0) is 39.2. The number of rotatable bonds is 14. The number of azo groups is 1. The Bertz CT molecular complexity index is 1610. The molecule has 0 radical (unpaired) electrons. The second-order valence-electron chi connectivity index (χ2n) is 15.9. The van der Waals surface area contributed by atoms with E-state index in [1.165, 1.54) is 6.92 Å². The Hall–Kier alpha value is -0.390. The number of alkyl halides is 2. The zero-order valence-corrected chi connectivity index (χ0v) is 39.5. The molecule has 0 aromatic carbocycles. The van der Waals surface area contributed by atoms with E-state index in [2.05, 4.69) is 26.7 Å². The van der Waals surface area contributed by atoms with Gasteiger partial charge in [0.15, 0.2) is 5.82 Å². The molecule has 1 aromatic rings. The van der Waals surface area contributed by atoms with Crippen molar-refractivity contribution in [1.82, 2.24) is 25.3 Å². The second kappa shape index (κ2) is 22.3. The second-order valence-corrected chi connectivity index (χ2v) is 18.6. The van der Waals surface area contributed by atoms with Crippen LogP contribution >= 0.6 is 23.2 Å². The molecule has 0 spiro atoms. The van der Waals surface area contributed by atoms with E-state index in [1.54, 1.807) is 4.68 Å². The summed E-state index contributed by atoms with van der Waals surface area (Å²) in [6, 6.07) is 0.715. The number of nitrogens with zero attached hydrogens (tertiary/aromatic N) is 6. The maximum absolute atomic E-state index is 12.3. The first kappa shape index (κ1) is 50.8. The van der Waals surface area contributed by atoms with Crippen LogP contribution in [0.4, 0.5) is 5.82 Å². The fraction of sp³-hybridized carbons (Fsp3) is 0.829. The van der Waals surface area contributed by atoms with E-state index >= 15 is 0 Å². The summed E-state index contributed by atoms with van der Waals surface area (Å²) in [4.78, 5) is 25.5. The summed E-state index contributed by atoms with van der Waals surface area (Å²) in [5, 5.41) is 50.7. The van der Waals surface area contributed by atoms with Crippen LogP contribution in [0, 0.1) is 17.2 Å². The summed E-state index contributed by atoms with van der Waals surface area (Å²) in [5.41, 5.74) is 0.217. The number of nitriles is 1. The standard InChI is InChI=1S/C35H56Cl2N8O7S.2Na/c1-6-44(14-8-11-30(47)48)23-12-13-28(29(18-23)39-20(2)46)41-42-33-25(19-38)32(35(3,4)5)43-45(33)31-26(36)16-22(17-27(31)37)40-34(49)21-9-7-10-24(15-21)53(50,51)52;;/h21-24,26-29,31,34,40,49H,6-18H2,1-5H3,(H,39,46)(H,47,48)(H,50,51,52);;/q;2*+1/p-2. The van der Waals surface area contributed by atoms with Gasteiger partial charge < -0.3 is 29.8 Å². The van der Waals surface area contributed by atoms with Crippen LogP contribution in [-0.4, -0.2) is 104 Å². The molecule has 0 bridgehead atoms. The monoisotopic (exact) mass is 846 g/mol. The Morgan fingerprint density at radius 3 is 2.33 bits per heavy atom. The van der Waals surface area contributed by atoms with Gasteiger partial charge in [-0.05, 0) is 83.2 Å². The number of carbonyl (C=O) groups excluding carboxylic acids is 2. The Kier molecular flexibility index (Phi) is 20.6. The molecule has 3 aliphatic carbocycles. The summed E-state index contributed by atoms with van der Waals surface area (Å²) in [7, 11) is -4.45. The van der Waals surface area contributed by atoms with Crippen LogP contribution in [0.15, 0.2) is 10.2 Å². The van der Waals surface area contributed by atoms with Crippen LogP contribution in [0.3, 0.4) is 0 Å². The molecule has 1 heterocycles. The molecule has 4 rings (SSSR count). The first-order chi connectivity index (χ1) is 24.8. The van der Waals surface area contributed by atoms with Gasteiger partial charge in [0.05, 0.1) is 44.7 Å². The molecule has 3 aliphatic rings. The predicted octanol–water partition coefficient (Wildman–Crippen LogP) is -2.65. The number of hydrogen-bond acceptors (Lipinski definition) is 13. The Morgan fingerprint density at radius 1 is 1.13 bits per heavy atom. The van der Waals surface area contributed by atoms with Gasteiger partial charge in [0.25, 0.3) is 0 Å². The van der Waals surface area contributed by atoms with E-state index in [9.17, 15) is 38.0 Å². The van der Waals surface area contributed by atoms with Gasteiger partial charge in [-0.15, -0.1) is 28.3 Å². The van der Waals surface area contributed by atoms with Crippen molar-refractivity contribution >= 4 is 51.0 Å². The minimum absolute atomic E-state index is 0. The number of aliphatic carboxylic acids is 1. The number of amides is 1. The van der Waals surface area contributed by atoms with E-state index in [-0.39, 0.29) is 107 Å². The third-order valence-electron chi connectivity index (χ3n) is 10.9. The minimum atomic E-state index is -4.45. The summed E-state index contributed by atoms with van der Waals surface area (Å²) in [6.07, 6.45) is 3.58. The van der Waals surface area contributed by atoms with Gasteiger partial charge >= 0.3 is 59.1 Å². The van der Waals surface area contributed by atoms with Crippen molar-refractivity contribution in [2.24, 2.45) is 16.1 Å². The van der Waals surface area contributed by atoms with Gasteiger partial charge in [-0.2, -0.15) is 15.5 Å². The van der Waals surface area contributed by atoms with E-state index in [0.717, 1.165) is 13.0 Å². The van der Waals surface area contributed by atoms with Crippen molar-refractivity contribution in [2.45, 2.75) is 163 Å². The average Bonchev–Trinajstić information content (AvgIpc) is 3.43. The normalized spacial score (nSPS) is 29.5. The van der Waals surface area contributed by atoms with Crippen LogP contribution < -0.4 is 74.9 Å². The fourth-order valence-electron chi connectivity index (χ4n) is 8.23. The number of hydrogen-bond donors (Lipinski definition) is 3. The van der Waals surface area contributed by atoms with Gasteiger partial charge in [0.2, 0.25) is 5.91 Å². The Balaban J connectivity index is 0.00000523. The van der Waals surface area contributed by atoms with E-state index in [0.29, 0.717) is 63.6 Å². The summed E-state index contributed by atoms with van der Waals surface area (Å²) in [6.45, 7) is 10.6. The smallest absolute Gasteiger partial charge is 0.748 e. The van der Waals surface area contributed by atoms with Crippen molar-refractivity contribution in [3.05, 3.63) is 11.3 Å². The molecule has 0 aliphatic heterocycles. The number of nitrogens with one attached hydrogen (secondary N) is 2. The molecule has 55 heavy (non-hydrogen) atoms. The van der Waals surface area contributed by atoms with Gasteiger partial charge in [0, 0.05) is 35.6 Å². The molecule has 15 nitrogen and oxygen atoms in total. The first-order valence-corrected chi connectivity index (χ1v) is 21.0. The third kappa shape index (κ3) is 13.8. The zero-order valence-electron chi connectivity index (χ0n) is 33.2. The first-order valence-electron chi connectivity index (χ1n) is 18.7. The number of halogens is 2.